The van der Waals surface area contributed by atoms with Gasteiger partial charge in [-0.15, -0.1) is 0 Å². The first kappa shape index (κ1) is 19.1. The van der Waals surface area contributed by atoms with E-state index < -0.39 is 0 Å². The van der Waals surface area contributed by atoms with Crippen molar-refractivity contribution in [3.63, 3.8) is 0 Å². The van der Waals surface area contributed by atoms with Crippen molar-refractivity contribution in [3.05, 3.63) is 72.1 Å². The molecular weight excluding hydrogens is 392 g/mol. The van der Waals surface area contributed by atoms with Crippen LogP contribution in [0.15, 0.2) is 60.9 Å². The highest BCUT2D eigenvalue weighted by molar-refractivity contribution is 6.09. The number of benzene rings is 2. The molecule has 156 valence electrons. The zero-order chi connectivity index (χ0) is 21.4. The summed E-state index contributed by atoms with van der Waals surface area (Å²) in [5.41, 5.74) is 4.38. The standard InChI is InChI=1S/C24H22N4O3/c1-3-30-22-12-17-11-15(2)31-21(17)13-19(22)27-24(29)18-14-26-28-20(9-10-25-23(18)28)16-7-5-4-6-8-16/h4-10,12-15H,3,11H2,1-2H3,(H,27,29). The zero-order valence-electron chi connectivity index (χ0n) is 17.3. The van der Waals surface area contributed by atoms with E-state index in [9.17, 15) is 4.79 Å². The number of carbonyl (C=O) groups excluding carboxylic acids is 1. The largest absolute Gasteiger partial charge is 0.492 e. The van der Waals surface area contributed by atoms with E-state index in [1.54, 1.807) is 10.7 Å². The number of fused-ring (bicyclic) bond motifs is 2. The second kappa shape index (κ2) is 7.75. The highest BCUT2D eigenvalue weighted by atomic mass is 16.5. The maximum atomic E-state index is 13.2. The van der Waals surface area contributed by atoms with Gasteiger partial charge in [0.2, 0.25) is 0 Å². The summed E-state index contributed by atoms with van der Waals surface area (Å²) < 4.78 is 13.3. The van der Waals surface area contributed by atoms with Gasteiger partial charge in [-0.05, 0) is 26.0 Å². The summed E-state index contributed by atoms with van der Waals surface area (Å²) in [5, 5.41) is 7.38. The maximum absolute atomic E-state index is 13.2. The summed E-state index contributed by atoms with van der Waals surface area (Å²) in [6.07, 6.45) is 4.16. The molecule has 2 aromatic heterocycles. The smallest absolute Gasteiger partial charge is 0.261 e. The number of rotatable bonds is 5. The third-order valence-electron chi connectivity index (χ3n) is 5.26. The number of aromatic nitrogens is 3. The lowest BCUT2D eigenvalue weighted by atomic mass is 10.1. The van der Waals surface area contributed by atoms with Crippen LogP contribution in [0.3, 0.4) is 0 Å². The molecule has 7 nitrogen and oxygen atoms in total. The number of hydrogen-bond donors (Lipinski definition) is 1. The van der Waals surface area contributed by atoms with Crippen LogP contribution in [-0.2, 0) is 6.42 Å². The lowest BCUT2D eigenvalue weighted by Crippen LogP contribution is -2.13. The summed E-state index contributed by atoms with van der Waals surface area (Å²) >= 11 is 0. The first-order valence-electron chi connectivity index (χ1n) is 10.3. The Balaban J connectivity index is 1.50. The van der Waals surface area contributed by atoms with Gasteiger partial charge in [0.05, 0.1) is 24.2 Å². The van der Waals surface area contributed by atoms with E-state index in [1.165, 1.54) is 6.20 Å². The van der Waals surface area contributed by atoms with Gasteiger partial charge in [-0.1, -0.05) is 30.3 Å². The van der Waals surface area contributed by atoms with Gasteiger partial charge >= 0.3 is 0 Å². The third-order valence-corrected chi connectivity index (χ3v) is 5.26. The molecule has 0 aliphatic carbocycles. The molecular formula is C24H22N4O3. The molecule has 0 fully saturated rings. The summed E-state index contributed by atoms with van der Waals surface area (Å²) in [6.45, 7) is 4.43. The van der Waals surface area contributed by atoms with Gasteiger partial charge in [0.25, 0.3) is 5.91 Å². The molecule has 0 saturated heterocycles. The fraction of sp³-hybridized carbons (Fsp3) is 0.208. The molecule has 4 aromatic rings. The van der Waals surface area contributed by atoms with Crippen LogP contribution in [-0.4, -0.2) is 33.2 Å². The molecule has 0 bridgehead atoms. The Labute approximate surface area is 179 Å². The topological polar surface area (TPSA) is 77.8 Å². The second-order valence-electron chi connectivity index (χ2n) is 7.47. The third kappa shape index (κ3) is 3.48. The van der Waals surface area contributed by atoms with E-state index >= 15 is 0 Å². The van der Waals surface area contributed by atoms with Crippen molar-refractivity contribution in [2.75, 3.05) is 11.9 Å². The molecule has 1 unspecified atom stereocenters. The molecule has 0 radical (unpaired) electrons. The van der Waals surface area contributed by atoms with Crippen LogP contribution in [0, 0.1) is 0 Å². The van der Waals surface area contributed by atoms with Crippen molar-refractivity contribution in [2.24, 2.45) is 0 Å². The summed E-state index contributed by atoms with van der Waals surface area (Å²) in [4.78, 5) is 17.6. The fourth-order valence-electron chi connectivity index (χ4n) is 3.88. The molecule has 1 aliphatic heterocycles. The highest BCUT2D eigenvalue weighted by Crippen LogP contribution is 2.38. The minimum absolute atomic E-state index is 0.107. The van der Waals surface area contributed by atoms with E-state index in [0.29, 0.717) is 29.3 Å². The predicted molar refractivity (Wildman–Crippen MR) is 118 cm³/mol. The number of amides is 1. The number of anilines is 1. The quantitative estimate of drug-likeness (QED) is 0.525. The Morgan fingerprint density at radius 1 is 1.26 bits per heavy atom. The van der Waals surface area contributed by atoms with Gasteiger partial charge < -0.3 is 14.8 Å². The minimum atomic E-state index is -0.306. The SMILES string of the molecule is CCOc1cc2c(cc1NC(=O)c1cnn3c(-c4ccccc4)ccnc13)OC(C)C2. The van der Waals surface area contributed by atoms with E-state index in [4.69, 9.17) is 9.47 Å². The molecule has 2 aromatic carbocycles. The van der Waals surface area contributed by atoms with Gasteiger partial charge in [-0.3, -0.25) is 4.79 Å². The minimum Gasteiger partial charge on any atom is -0.492 e. The Morgan fingerprint density at radius 3 is 2.90 bits per heavy atom. The van der Waals surface area contributed by atoms with Crippen molar-refractivity contribution in [1.82, 2.24) is 14.6 Å². The van der Waals surface area contributed by atoms with Crippen molar-refractivity contribution >= 4 is 17.2 Å². The van der Waals surface area contributed by atoms with Crippen molar-refractivity contribution < 1.29 is 14.3 Å². The molecule has 1 amide bonds. The van der Waals surface area contributed by atoms with Crippen LogP contribution >= 0.6 is 0 Å². The fourth-order valence-corrected chi connectivity index (χ4v) is 3.88. The summed E-state index contributed by atoms with van der Waals surface area (Å²) in [6, 6.07) is 15.5. The van der Waals surface area contributed by atoms with Gasteiger partial charge in [-0.25, -0.2) is 9.50 Å². The first-order valence-corrected chi connectivity index (χ1v) is 10.3. The highest BCUT2D eigenvalue weighted by Gasteiger charge is 2.24. The summed E-state index contributed by atoms with van der Waals surface area (Å²) in [5.74, 6) is 1.09. The van der Waals surface area contributed by atoms with E-state index in [0.717, 1.165) is 29.0 Å². The van der Waals surface area contributed by atoms with E-state index in [2.05, 4.69) is 15.4 Å². The monoisotopic (exact) mass is 414 g/mol. The van der Waals surface area contributed by atoms with Crippen LogP contribution in [0.5, 0.6) is 11.5 Å². The molecule has 5 rings (SSSR count). The average molecular weight is 414 g/mol. The Hall–Kier alpha value is -3.87. The van der Waals surface area contributed by atoms with Gasteiger partial charge in [-0.2, -0.15) is 5.10 Å². The predicted octanol–water partition coefficient (Wildman–Crippen LogP) is 4.37. The molecule has 31 heavy (non-hydrogen) atoms. The number of nitrogens with one attached hydrogen (secondary N) is 1. The number of ether oxygens (including phenoxy) is 2. The summed E-state index contributed by atoms with van der Waals surface area (Å²) in [7, 11) is 0. The number of carbonyl (C=O) groups is 1. The van der Waals surface area contributed by atoms with Gasteiger partial charge in [0, 0.05) is 29.8 Å². The van der Waals surface area contributed by atoms with E-state index in [-0.39, 0.29) is 12.0 Å². The molecule has 3 heterocycles. The Kier molecular flexibility index (Phi) is 4.78. The zero-order valence-corrected chi connectivity index (χ0v) is 17.3. The van der Waals surface area contributed by atoms with E-state index in [1.807, 2.05) is 62.4 Å². The van der Waals surface area contributed by atoms with Crippen LogP contribution in [0.2, 0.25) is 0 Å². The Morgan fingerprint density at radius 2 is 2.10 bits per heavy atom. The van der Waals surface area contributed by atoms with Crippen molar-refractivity contribution in [1.29, 1.82) is 0 Å². The molecule has 0 spiro atoms. The van der Waals surface area contributed by atoms with Gasteiger partial charge in [0.15, 0.2) is 5.65 Å². The van der Waals surface area contributed by atoms with Gasteiger partial charge in [0.1, 0.15) is 23.2 Å². The number of nitrogens with zero attached hydrogens (tertiary/aromatic N) is 3. The molecule has 0 saturated carbocycles. The van der Waals surface area contributed by atoms with Crippen LogP contribution in [0.4, 0.5) is 5.69 Å². The average Bonchev–Trinajstić information content (AvgIpc) is 3.37. The van der Waals surface area contributed by atoms with Crippen molar-refractivity contribution in [3.8, 4) is 22.8 Å². The Bertz CT molecular complexity index is 1270. The molecule has 1 atom stereocenters. The van der Waals surface area contributed by atoms with Crippen LogP contribution in [0.1, 0.15) is 29.8 Å². The number of hydrogen-bond acceptors (Lipinski definition) is 5. The maximum Gasteiger partial charge on any atom is 0.261 e. The lowest BCUT2D eigenvalue weighted by molar-refractivity contribution is 0.102. The normalized spacial score (nSPS) is 14.8. The van der Waals surface area contributed by atoms with Crippen molar-refractivity contribution in [2.45, 2.75) is 26.4 Å². The second-order valence-corrected chi connectivity index (χ2v) is 7.47. The lowest BCUT2D eigenvalue weighted by Gasteiger charge is -2.13. The molecule has 1 aliphatic rings. The van der Waals surface area contributed by atoms with Crippen LogP contribution < -0.4 is 14.8 Å². The van der Waals surface area contributed by atoms with Crippen LogP contribution in [0.25, 0.3) is 16.9 Å². The first-order chi connectivity index (χ1) is 15.1. The molecule has 1 N–H and O–H groups in total. The molecule has 7 heteroatoms.